The van der Waals surface area contributed by atoms with Crippen LogP contribution in [0.25, 0.3) is 34.1 Å². The second kappa shape index (κ2) is 9.19. The monoisotopic (exact) mass is 483 g/mol. The van der Waals surface area contributed by atoms with Gasteiger partial charge in [0.25, 0.3) is 0 Å². The zero-order valence-corrected chi connectivity index (χ0v) is 19.3. The van der Waals surface area contributed by atoms with Crippen molar-refractivity contribution in [1.82, 2.24) is 35.0 Å². The van der Waals surface area contributed by atoms with E-state index in [4.69, 9.17) is 19.0 Å². The molecule has 1 aromatic carbocycles. The zero-order valence-electron chi connectivity index (χ0n) is 19.3. The molecule has 0 saturated carbocycles. The number of carbonyl (C=O) groups is 1. The second-order valence-electron chi connectivity index (χ2n) is 8.26. The van der Waals surface area contributed by atoms with Gasteiger partial charge in [0.05, 0.1) is 23.8 Å². The molecule has 1 aliphatic heterocycles. The number of carbonyl (C=O) groups excluding carboxylic acids is 1. The van der Waals surface area contributed by atoms with Crippen LogP contribution in [0.5, 0.6) is 11.5 Å². The molecule has 36 heavy (non-hydrogen) atoms. The number of pyridine rings is 2. The van der Waals surface area contributed by atoms with Gasteiger partial charge in [-0.1, -0.05) is 11.2 Å². The fourth-order valence-corrected chi connectivity index (χ4v) is 3.95. The Kier molecular flexibility index (Phi) is 5.58. The predicted octanol–water partition coefficient (Wildman–Crippen LogP) is 3.53. The Balaban J connectivity index is 1.35. The minimum atomic E-state index is -0.0625. The second-order valence-corrected chi connectivity index (χ2v) is 8.26. The van der Waals surface area contributed by atoms with Crippen LogP contribution in [0.15, 0.2) is 59.4 Å². The number of nitrogens with one attached hydrogen (secondary N) is 1. The maximum Gasteiger partial charge on any atom is 0.248 e. The predicted molar refractivity (Wildman–Crippen MR) is 128 cm³/mol. The lowest BCUT2D eigenvalue weighted by molar-refractivity contribution is -0.143. The number of aromatic nitrogens is 6. The Morgan fingerprint density at radius 3 is 2.81 bits per heavy atom. The molecule has 0 atom stereocenters. The number of hydrogen-bond acceptors (Lipinski definition) is 9. The summed E-state index contributed by atoms with van der Waals surface area (Å²) in [5.41, 5.74) is 3.67. The number of imidazole rings is 1. The number of rotatable bonds is 6. The number of nitrogens with zero attached hydrogens (tertiary/aromatic N) is 6. The highest BCUT2D eigenvalue weighted by molar-refractivity contribution is 5.82. The summed E-state index contributed by atoms with van der Waals surface area (Å²) >= 11 is 0. The third-order valence-corrected chi connectivity index (χ3v) is 5.74. The van der Waals surface area contributed by atoms with Gasteiger partial charge in [-0.05, 0) is 30.3 Å². The SMILES string of the molecule is Cc1nc(-c2ccc(Oc3cc4nc(-c5ccccn5)[nH]c4cc3CN3CCOCC3=O)cn2)no1. The maximum absolute atomic E-state index is 12.4. The van der Waals surface area contributed by atoms with Crippen LogP contribution < -0.4 is 4.74 Å². The number of H-pyrrole nitrogens is 1. The van der Waals surface area contributed by atoms with Crippen molar-refractivity contribution in [2.45, 2.75) is 13.5 Å². The number of fused-ring (bicyclic) bond motifs is 1. The molecule has 0 radical (unpaired) electrons. The Bertz CT molecular complexity index is 1530. The van der Waals surface area contributed by atoms with Gasteiger partial charge >= 0.3 is 0 Å². The molecule has 11 heteroatoms. The summed E-state index contributed by atoms with van der Waals surface area (Å²) in [4.78, 5) is 35.2. The van der Waals surface area contributed by atoms with E-state index in [1.54, 1.807) is 36.4 Å². The normalized spacial score (nSPS) is 13.9. The molecule has 1 amide bonds. The van der Waals surface area contributed by atoms with Gasteiger partial charge in [0.1, 0.15) is 29.5 Å². The van der Waals surface area contributed by atoms with E-state index in [1.807, 2.05) is 30.3 Å². The average Bonchev–Trinajstić information content (AvgIpc) is 3.52. The standard InChI is InChI=1S/C25H21N7O4/c1-15-28-25(31-36-15)19-6-5-17(12-27-19)35-22-11-21-20(29-24(30-21)18-4-2-3-7-26-18)10-16(22)13-32-8-9-34-14-23(32)33/h2-7,10-12H,8-9,13-14H2,1H3,(H,29,30). The van der Waals surface area contributed by atoms with Gasteiger partial charge in [-0.3, -0.25) is 9.78 Å². The van der Waals surface area contributed by atoms with Crippen molar-refractivity contribution in [1.29, 1.82) is 0 Å². The molecule has 1 saturated heterocycles. The van der Waals surface area contributed by atoms with Crippen molar-refractivity contribution in [3.05, 3.63) is 66.3 Å². The fourth-order valence-electron chi connectivity index (χ4n) is 3.95. The summed E-state index contributed by atoms with van der Waals surface area (Å²) in [6.45, 7) is 3.18. The molecule has 0 aliphatic carbocycles. The van der Waals surface area contributed by atoms with Crippen molar-refractivity contribution in [3.63, 3.8) is 0 Å². The minimum absolute atomic E-state index is 0.0625. The molecule has 11 nitrogen and oxygen atoms in total. The maximum atomic E-state index is 12.4. The summed E-state index contributed by atoms with van der Waals surface area (Å²) < 4.78 is 16.5. The van der Waals surface area contributed by atoms with Crippen LogP contribution >= 0.6 is 0 Å². The first-order valence-electron chi connectivity index (χ1n) is 11.4. The van der Waals surface area contributed by atoms with E-state index in [0.29, 0.717) is 54.4 Å². The molecule has 4 aromatic heterocycles. The lowest BCUT2D eigenvalue weighted by Gasteiger charge is -2.27. The molecule has 0 spiro atoms. The van der Waals surface area contributed by atoms with E-state index in [1.165, 1.54) is 0 Å². The Morgan fingerprint density at radius 1 is 1.11 bits per heavy atom. The summed E-state index contributed by atoms with van der Waals surface area (Å²) in [5, 5.41) is 3.89. The van der Waals surface area contributed by atoms with Gasteiger partial charge in [-0.25, -0.2) is 9.97 Å². The van der Waals surface area contributed by atoms with Crippen LogP contribution in [-0.4, -0.2) is 60.6 Å². The first-order valence-corrected chi connectivity index (χ1v) is 11.4. The summed E-state index contributed by atoms with van der Waals surface area (Å²) in [5.74, 6) is 2.56. The van der Waals surface area contributed by atoms with Crippen molar-refractivity contribution in [3.8, 4) is 34.5 Å². The first kappa shape index (κ1) is 21.9. The number of amides is 1. The van der Waals surface area contributed by atoms with Gasteiger partial charge in [0.2, 0.25) is 17.6 Å². The van der Waals surface area contributed by atoms with Gasteiger partial charge in [-0.15, -0.1) is 0 Å². The van der Waals surface area contributed by atoms with Gasteiger partial charge in [0.15, 0.2) is 5.82 Å². The summed E-state index contributed by atoms with van der Waals surface area (Å²) in [6, 6.07) is 13.0. The summed E-state index contributed by atoms with van der Waals surface area (Å²) in [6.07, 6.45) is 3.32. The Hall–Kier alpha value is -4.64. The van der Waals surface area contributed by atoms with E-state index in [0.717, 1.165) is 22.3 Å². The topological polar surface area (TPSA) is 132 Å². The zero-order chi connectivity index (χ0) is 24.5. The molecule has 1 fully saturated rings. The third-order valence-electron chi connectivity index (χ3n) is 5.74. The molecule has 0 bridgehead atoms. The smallest absolute Gasteiger partial charge is 0.248 e. The van der Waals surface area contributed by atoms with Crippen LogP contribution in [0.2, 0.25) is 0 Å². The van der Waals surface area contributed by atoms with Crippen molar-refractivity contribution in [2.75, 3.05) is 19.8 Å². The van der Waals surface area contributed by atoms with E-state index in [9.17, 15) is 4.79 Å². The average molecular weight is 483 g/mol. The molecular formula is C25H21N7O4. The molecule has 1 N–H and O–H groups in total. The third kappa shape index (κ3) is 4.39. The number of benzene rings is 1. The number of morpholine rings is 1. The van der Waals surface area contributed by atoms with E-state index in [2.05, 4.69) is 25.1 Å². The molecular weight excluding hydrogens is 462 g/mol. The van der Waals surface area contributed by atoms with Crippen LogP contribution in [0, 0.1) is 6.92 Å². The number of ether oxygens (including phenoxy) is 2. The molecule has 180 valence electrons. The first-order chi connectivity index (χ1) is 17.6. The minimum Gasteiger partial charge on any atom is -0.455 e. The quantitative estimate of drug-likeness (QED) is 0.385. The summed E-state index contributed by atoms with van der Waals surface area (Å²) in [7, 11) is 0. The highest BCUT2D eigenvalue weighted by Gasteiger charge is 2.22. The molecule has 5 aromatic rings. The number of hydrogen-bond donors (Lipinski definition) is 1. The van der Waals surface area contributed by atoms with E-state index < -0.39 is 0 Å². The van der Waals surface area contributed by atoms with Crippen LogP contribution in [0.4, 0.5) is 0 Å². The highest BCUT2D eigenvalue weighted by Crippen LogP contribution is 2.32. The van der Waals surface area contributed by atoms with Crippen LogP contribution in [-0.2, 0) is 16.1 Å². The van der Waals surface area contributed by atoms with Gasteiger partial charge in [-0.2, -0.15) is 4.98 Å². The van der Waals surface area contributed by atoms with E-state index >= 15 is 0 Å². The fraction of sp³-hybridized carbons (Fsp3) is 0.200. The lowest BCUT2D eigenvalue weighted by atomic mass is 10.1. The largest absolute Gasteiger partial charge is 0.455 e. The van der Waals surface area contributed by atoms with Crippen molar-refractivity contribution >= 4 is 16.9 Å². The number of aryl methyl sites for hydroxylation is 1. The number of aromatic amines is 1. The van der Waals surface area contributed by atoms with E-state index in [-0.39, 0.29) is 12.5 Å². The molecule has 1 aliphatic rings. The van der Waals surface area contributed by atoms with Gasteiger partial charge in [0, 0.05) is 37.8 Å². The van der Waals surface area contributed by atoms with Gasteiger partial charge < -0.3 is 23.9 Å². The molecule has 6 rings (SSSR count). The molecule has 5 heterocycles. The van der Waals surface area contributed by atoms with Crippen molar-refractivity contribution < 1.29 is 18.8 Å². The molecule has 0 unspecified atom stereocenters. The van der Waals surface area contributed by atoms with Crippen molar-refractivity contribution in [2.24, 2.45) is 0 Å². The van der Waals surface area contributed by atoms with Crippen LogP contribution in [0.3, 0.4) is 0 Å². The van der Waals surface area contributed by atoms with Crippen LogP contribution in [0.1, 0.15) is 11.5 Å². The highest BCUT2D eigenvalue weighted by atomic mass is 16.5. The Morgan fingerprint density at radius 2 is 2.06 bits per heavy atom. The Labute approximate surface area is 205 Å². The lowest BCUT2D eigenvalue weighted by Crippen LogP contribution is -2.40.